The fourth-order valence-corrected chi connectivity index (χ4v) is 3.99. The average Bonchev–Trinajstić information content (AvgIpc) is 3.01. The highest BCUT2D eigenvalue weighted by atomic mass is 32.2. The first-order valence-electron chi connectivity index (χ1n) is 7.31. The number of amides is 1. The van der Waals surface area contributed by atoms with Crippen molar-refractivity contribution in [3.63, 3.8) is 0 Å². The molecule has 1 amide bonds. The second-order valence-corrected chi connectivity index (χ2v) is 7.24. The van der Waals surface area contributed by atoms with Crippen LogP contribution in [0, 0.1) is 12.7 Å². The van der Waals surface area contributed by atoms with Crippen molar-refractivity contribution in [2.45, 2.75) is 17.0 Å². The molecule has 24 heavy (non-hydrogen) atoms. The number of anilines is 1. The fraction of sp³-hybridized carbons (Fsp3) is 0.111. The smallest absolute Gasteiger partial charge is 0.255 e. The molecule has 0 saturated heterocycles. The van der Waals surface area contributed by atoms with Gasteiger partial charge in [-0.05, 0) is 42.8 Å². The minimum absolute atomic E-state index is 0.201. The number of halogens is 1. The fourth-order valence-electron chi connectivity index (χ4n) is 2.14. The number of thioether (sulfide) groups is 1. The first kappa shape index (κ1) is 16.7. The second kappa shape index (κ2) is 7.59. The number of benzene rings is 2. The van der Waals surface area contributed by atoms with Gasteiger partial charge >= 0.3 is 0 Å². The summed E-state index contributed by atoms with van der Waals surface area (Å²) in [7, 11) is 0. The zero-order valence-corrected chi connectivity index (χ0v) is 14.6. The summed E-state index contributed by atoms with van der Waals surface area (Å²) >= 11 is 3.21. The minimum Gasteiger partial charge on any atom is -0.322 e. The maximum Gasteiger partial charge on any atom is 0.255 e. The van der Waals surface area contributed by atoms with E-state index in [4.69, 9.17) is 0 Å². The lowest BCUT2D eigenvalue weighted by Crippen LogP contribution is -2.14. The van der Waals surface area contributed by atoms with Crippen molar-refractivity contribution < 1.29 is 9.18 Å². The maximum atomic E-state index is 13.0. The van der Waals surface area contributed by atoms with Gasteiger partial charge in [0.15, 0.2) is 0 Å². The third-order valence-electron chi connectivity index (χ3n) is 3.31. The van der Waals surface area contributed by atoms with E-state index in [2.05, 4.69) is 10.3 Å². The van der Waals surface area contributed by atoms with E-state index in [-0.39, 0.29) is 11.7 Å². The Hall–Kier alpha value is -2.18. The summed E-state index contributed by atoms with van der Waals surface area (Å²) in [5, 5.41) is 4.81. The number of aromatic nitrogens is 1. The van der Waals surface area contributed by atoms with E-state index in [1.807, 2.05) is 30.5 Å². The summed E-state index contributed by atoms with van der Waals surface area (Å²) in [5.74, 6) is 0.136. The average molecular weight is 358 g/mol. The molecule has 0 atom stereocenters. The number of nitrogens with zero attached hydrogens (tertiary/aromatic N) is 1. The Morgan fingerprint density at radius 2 is 1.96 bits per heavy atom. The molecule has 0 unspecified atom stereocenters. The molecule has 122 valence electrons. The third-order valence-corrected chi connectivity index (χ3v) is 5.50. The predicted molar refractivity (Wildman–Crippen MR) is 97.2 cm³/mol. The lowest BCUT2D eigenvalue weighted by molar-refractivity contribution is 0.102. The SMILES string of the molecule is Cc1csc(SCc2ccccc2C(=O)Nc2ccc(F)cc2)n1. The molecule has 0 radical (unpaired) electrons. The number of thiazole rings is 1. The molecule has 1 heterocycles. The Morgan fingerprint density at radius 1 is 1.21 bits per heavy atom. The van der Waals surface area contributed by atoms with Crippen LogP contribution in [0.1, 0.15) is 21.6 Å². The Labute approximate surface area is 148 Å². The Balaban J connectivity index is 1.72. The zero-order chi connectivity index (χ0) is 16.9. The molecule has 0 aliphatic rings. The van der Waals surface area contributed by atoms with Gasteiger partial charge in [-0.15, -0.1) is 11.3 Å². The number of aryl methyl sites for hydroxylation is 1. The minimum atomic E-state index is -0.330. The number of hydrogen-bond donors (Lipinski definition) is 1. The summed E-state index contributed by atoms with van der Waals surface area (Å²) in [5.41, 5.74) is 3.13. The number of rotatable bonds is 5. The molecular formula is C18H15FN2OS2. The van der Waals surface area contributed by atoms with Crippen LogP contribution in [0.2, 0.25) is 0 Å². The molecule has 0 aliphatic carbocycles. The van der Waals surface area contributed by atoms with Gasteiger partial charge in [0.05, 0.1) is 0 Å². The zero-order valence-electron chi connectivity index (χ0n) is 13.0. The predicted octanol–water partition coefficient (Wildman–Crippen LogP) is 5.14. The van der Waals surface area contributed by atoms with Gasteiger partial charge in [0.1, 0.15) is 10.2 Å². The summed E-state index contributed by atoms with van der Waals surface area (Å²) in [6.45, 7) is 1.96. The molecule has 2 aromatic carbocycles. The van der Waals surface area contributed by atoms with Crippen LogP contribution in [-0.2, 0) is 5.75 Å². The molecule has 1 aromatic heterocycles. The molecule has 0 fully saturated rings. The van der Waals surface area contributed by atoms with Crippen LogP contribution in [0.25, 0.3) is 0 Å². The van der Waals surface area contributed by atoms with E-state index in [0.717, 1.165) is 15.6 Å². The highest BCUT2D eigenvalue weighted by molar-refractivity contribution is 8.00. The topological polar surface area (TPSA) is 42.0 Å². The van der Waals surface area contributed by atoms with Gasteiger partial charge in [-0.2, -0.15) is 0 Å². The van der Waals surface area contributed by atoms with Crippen LogP contribution >= 0.6 is 23.1 Å². The van der Waals surface area contributed by atoms with E-state index >= 15 is 0 Å². The van der Waals surface area contributed by atoms with Crippen LogP contribution in [0.15, 0.2) is 58.3 Å². The van der Waals surface area contributed by atoms with Crippen LogP contribution in [0.3, 0.4) is 0 Å². The molecular weight excluding hydrogens is 343 g/mol. The normalized spacial score (nSPS) is 10.6. The molecule has 1 N–H and O–H groups in total. The lowest BCUT2D eigenvalue weighted by Gasteiger charge is -2.09. The monoisotopic (exact) mass is 358 g/mol. The quantitative estimate of drug-likeness (QED) is 0.643. The van der Waals surface area contributed by atoms with Crippen molar-refractivity contribution in [3.05, 3.63) is 76.5 Å². The van der Waals surface area contributed by atoms with E-state index in [1.54, 1.807) is 41.3 Å². The number of nitrogens with one attached hydrogen (secondary N) is 1. The van der Waals surface area contributed by atoms with Gasteiger partial charge in [-0.3, -0.25) is 4.79 Å². The molecule has 3 rings (SSSR count). The largest absolute Gasteiger partial charge is 0.322 e. The van der Waals surface area contributed by atoms with Gasteiger partial charge in [0, 0.05) is 28.1 Å². The van der Waals surface area contributed by atoms with Crippen LogP contribution in [0.5, 0.6) is 0 Å². The van der Waals surface area contributed by atoms with Crippen LogP contribution in [0.4, 0.5) is 10.1 Å². The van der Waals surface area contributed by atoms with Gasteiger partial charge < -0.3 is 5.32 Å². The van der Waals surface area contributed by atoms with Crippen molar-refractivity contribution in [1.29, 1.82) is 0 Å². The lowest BCUT2D eigenvalue weighted by atomic mass is 10.1. The van der Waals surface area contributed by atoms with Crippen molar-refractivity contribution in [3.8, 4) is 0 Å². The summed E-state index contributed by atoms with van der Waals surface area (Å²) < 4.78 is 13.9. The molecule has 0 aliphatic heterocycles. The maximum absolute atomic E-state index is 13.0. The van der Waals surface area contributed by atoms with Crippen molar-refractivity contribution in [2.24, 2.45) is 0 Å². The van der Waals surface area contributed by atoms with E-state index in [1.165, 1.54) is 12.1 Å². The van der Waals surface area contributed by atoms with E-state index in [0.29, 0.717) is 17.0 Å². The Morgan fingerprint density at radius 3 is 2.67 bits per heavy atom. The van der Waals surface area contributed by atoms with E-state index < -0.39 is 0 Å². The van der Waals surface area contributed by atoms with Crippen molar-refractivity contribution >= 4 is 34.7 Å². The Bertz CT molecular complexity index is 846. The summed E-state index contributed by atoms with van der Waals surface area (Å²) in [6, 6.07) is 13.2. The van der Waals surface area contributed by atoms with Gasteiger partial charge in [0.2, 0.25) is 0 Å². The standard InChI is InChI=1S/C18H15FN2OS2/c1-12-10-23-18(20-12)24-11-13-4-2-3-5-16(13)17(22)21-15-8-6-14(19)7-9-15/h2-10H,11H2,1H3,(H,21,22). The highest BCUT2D eigenvalue weighted by Gasteiger charge is 2.12. The molecule has 6 heteroatoms. The van der Waals surface area contributed by atoms with Gasteiger partial charge in [-0.1, -0.05) is 30.0 Å². The second-order valence-electron chi connectivity index (χ2n) is 5.16. The number of hydrogen-bond acceptors (Lipinski definition) is 4. The first-order valence-corrected chi connectivity index (χ1v) is 9.18. The molecule has 0 spiro atoms. The first-order chi connectivity index (χ1) is 11.6. The van der Waals surface area contributed by atoms with Crippen LogP contribution in [-0.4, -0.2) is 10.9 Å². The number of carbonyl (C=O) groups excluding carboxylic acids is 1. The third kappa shape index (κ3) is 4.21. The van der Waals surface area contributed by atoms with Gasteiger partial charge in [-0.25, -0.2) is 9.37 Å². The number of carbonyl (C=O) groups is 1. The van der Waals surface area contributed by atoms with Crippen molar-refractivity contribution in [2.75, 3.05) is 5.32 Å². The molecule has 0 bridgehead atoms. The van der Waals surface area contributed by atoms with Crippen LogP contribution < -0.4 is 5.32 Å². The Kier molecular flexibility index (Phi) is 5.27. The molecule has 3 nitrogen and oxygen atoms in total. The van der Waals surface area contributed by atoms with Gasteiger partial charge in [0.25, 0.3) is 5.91 Å². The van der Waals surface area contributed by atoms with Crippen molar-refractivity contribution in [1.82, 2.24) is 4.98 Å². The summed E-state index contributed by atoms with van der Waals surface area (Å²) in [6.07, 6.45) is 0. The molecule has 0 saturated carbocycles. The highest BCUT2D eigenvalue weighted by Crippen LogP contribution is 2.27. The molecule has 3 aromatic rings. The van der Waals surface area contributed by atoms with E-state index in [9.17, 15) is 9.18 Å². The summed E-state index contributed by atoms with van der Waals surface area (Å²) in [4.78, 5) is 16.9.